The van der Waals surface area contributed by atoms with Crippen molar-refractivity contribution < 1.29 is 8.42 Å². The van der Waals surface area contributed by atoms with Crippen LogP contribution in [0, 0.1) is 0 Å². The Morgan fingerprint density at radius 1 is 1.29 bits per heavy atom. The number of benzene rings is 1. The summed E-state index contributed by atoms with van der Waals surface area (Å²) in [5.41, 5.74) is 9.92. The van der Waals surface area contributed by atoms with Crippen molar-refractivity contribution in [3.05, 3.63) is 47.7 Å². The maximum Gasteiger partial charge on any atom is 0.192 e. The number of rotatable bonds is 3. The van der Waals surface area contributed by atoms with Gasteiger partial charge in [0.15, 0.2) is 14.9 Å². The molecule has 21 heavy (non-hydrogen) atoms. The fourth-order valence-electron chi connectivity index (χ4n) is 2.67. The van der Waals surface area contributed by atoms with Gasteiger partial charge in [-0.05, 0) is 48.2 Å². The Bertz CT molecular complexity index is 770. The summed E-state index contributed by atoms with van der Waals surface area (Å²) >= 11 is 0. The first kappa shape index (κ1) is 13.9. The molecule has 0 saturated heterocycles. The molecule has 6 heteroatoms. The van der Waals surface area contributed by atoms with E-state index in [1.165, 1.54) is 17.2 Å². The number of pyridine rings is 1. The van der Waals surface area contributed by atoms with Gasteiger partial charge in [0.25, 0.3) is 0 Å². The van der Waals surface area contributed by atoms with Gasteiger partial charge < -0.3 is 11.1 Å². The van der Waals surface area contributed by atoms with Gasteiger partial charge in [-0.25, -0.2) is 13.4 Å². The Kier molecular flexibility index (Phi) is 3.33. The number of aromatic nitrogens is 1. The normalized spacial score (nSPS) is 17.5. The molecule has 5 nitrogen and oxygen atoms in total. The number of nitrogen functional groups attached to an aromatic ring is 1. The highest BCUT2D eigenvalue weighted by Crippen LogP contribution is 2.34. The highest BCUT2D eigenvalue weighted by Gasteiger charge is 2.22. The second kappa shape index (κ2) is 5.04. The summed E-state index contributed by atoms with van der Waals surface area (Å²) < 4.78 is 22.8. The first-order valence-electron chi connectivity index (χ1n) is 6.74. The molecule has 2 aromatic rings. The van der Waals surface area contributed by atoms with E-state index in [0.29, 0.717) is 0 Å². The van der Waals surface area contributed by atoms with E-state index in [4.69, 9.17) is 5.73 Å². The van der Waals surface area contributed by atoms with Crippen LogP contribution in [-0.2, 0) is 16.3 Å². The average molecular weight is 303 g/mol. The predicted molar refractivity (Wildman–Crippen MR) is 82.9 cm³/mol. The number of sulfone groups is 1. The summed E-state index contributed by atoms with van der Waals surface area (Å²) in [6.45, 7) is 0. The first-order valence-corrected chi connectivity index (χ1v) is 8.63. The maximum atomic E-state index is 11.4. The highest BCUT2D eigenvalue weighted by atomic mass is 32.2. The summed E-state index contributed by atoms with van der Waals surface area (Å²) in [7, 11) is -3.25. The molecular formula is C15H17N3O2S. The molecule has 0 radical (unpaired) electrons. The van der Waals surface area contributed by atoms with Crippen LogP contribution in [0.25, 0.3) is 0 Å². The lowest BCUT2D eigenvalue weighted by atomic mass is 10.1. The van der Waals surface area contributed by atoms with Gasteiger partial charge in [-0.2, -0.15) is 0 Å². The molecule has 1 aliphatic carbocycles. The standard InChI is InChI=1S/C15H17N3O2S/c1-21(19,20)15-7-4-12(9-17-15)18-14-6-2-10-8-11(16)3-5-13(10)14/h3-5,7-9,14,18H,2,6,16H2,1H3. The molecule has 110 valence electrons. The van der Waals surface area contributed by atoms with Crippen LogP contribution in [0.4, 0.5) is 11.4 Å². The highest BCUT2D eigenvalue weighted by molar-refractivity contribution is 7.90. The minimum Gasteiger partial charge on any atom is -0.399 e. The van der Waals surface area contributed by atoms with Crippen molar-refractivity contribution in [2.45, 2.75) is 23.9 Å². The van der Waals surface area contributed by atoms with Crippen molar-refractivity contribution in [3.8, 4) is 0 Å². The number of anilines is 2. The molecular weight excluding hydrogens is 286 g/mol. The van der Waals surface area contributed by atoms with E-state index in [1.807, 2.05) is 18.2 Å². The van der Waals surface area contributed by atoms with Gasteiger partial charge in [0.2, 0.25) is 0 Å². The largest absolute Gasteiger partial charge is 0.399 e. The Morgan fingerprint density at radius 3 is 2.76 bits per heavy atom. The smallest absolute Gasteiger partial charge is 0.192 e. The summed E-state index contributed by atoms with van der Waals surface area (Å²) in [4.78, 5) is 3.99. The first-order chi connectivity index (χ1) is 9.93. The summed E-state index contributed by atoms with van der Waals surface area (Å²) in [6.07, 6.45) is 4.70. The van der Waals surface area contributed by atoms with Gasteiger partial charge in [0, 0.05) is 11.9 Å². The van der Waals surface area contributed by atoms with Crippen LogP contribution >= 0.6 is 0 Å². The molecule has 0 bridgehead atoms. The summed E-state index contributed by atoms with van der Waals surface area (Å²) in [6, 6.07) is 9.46. The van der Waals surface area contributed by atoms with E-state index in [2.05, 4.69) is 10.3 Å². The third-order valence-electron chi connectivity index (χ3n) is 3.70. The van der Waals surface area contributed by atoms with E-state index in [-0.39, 0.29) is 11.1 Å². The van der Waals surface area contributed by atoms with Crippen LogP contribution < -0.4 is 11.1 Å². The van der Waals surface area contributed by atoms with Crippen LogP contribution in [0.3, 0.4) is 0 Å². The molecule has 1 atom stereocenters. The van der Waals surface area contributed by atoms with E-state index >= 15 is 0 Å². The molecule has 1 heterocycles. The molecule has 1 aliphatic rings. The second-order valence-electron chi connectivity index (χ2n) is 5.35. The molecule has 0 amide bonds. The number of hydrogen-bond donors (Lipinski definition) is 2. The van der Waals surface area contributed by atoms with E-state index in [1.54, 1.807) is 12.3 Å². The molecule has 3 N–H and O–H groups in total. The molecule has 3 rings (SSSR count). The minimum absolute atomic E-state index is 0.0904. The quantitative estimate of drug-likeness (QED) is 0.849. The van der Waals surface area contributed by atoms with Crippen molar-refractivity contribution in [2.75, 3.05) is 17.3 Å². The zero-order valence-corrected chi connectivity index (χ0v) is 12.5. The minimum atomic E-state index is -3.25. The van der Waals surface area contributed by atoms with Crippen LogP contribution in [0.1, 0.15) is 23.6 Å². The molecule has 0 spiro atoms. The van der Waals surface area contributed by atoms with Crippen molar-refractivity contribution >= 4 is 21.2 Å². The fraction of sp³-hybridized carbons (Fsp3) is 0.267. The number of nitrogens with two attached hydrogens (primary N) is 1. The van der Waals surface area contributed by atoms with Crippen molar-refractivity contribution in [1.29, 1.82) is 0 Å². The lowest BCUT2D eigenvalue weighted by Gasteiger charge is -2.15. The van der Waals surface area contributed by atoms with Gasteiger partial charge in [0.05, 0.1) is 17.9 Å². The van der Waals surface area contributed by atoms with Crippen LogP contribution in [0.15, 0.2) is 41.6 Å². The molecule has 0 fully saturated rings. The Morgan fingerprint density at radius 2 is 2.10 bits per heavy atom. The molecule has 1 unspecified atom stereocenters. The lowest BCUT2D eigenvalue weighted by molar-refractivity contribution is 0.598. The molecule has 0 saturated carbocycles. The Labute approximate surface area is 124 Å². The maximum absolute atomic E-state index is 11.4. The van der Waals surface area contributed by atoms with Gasteiger partial charge in [0.1, 0.15) is 0 Å². The fourth-order valence-corrected chi connectivity index (χ4v) is 3.23. The van der Waals surface area contributed by atoms with E-state index in [9.17, 15) is 8.42 Å². The Hall–Kier alpha value is -2.08. The monoisotopic (exact) mass is 303 g/mol. The third-order valence-corrected chi connectivity index (χ3v) is 4.70. The van der Waals surface area contributed by atoms with Crippen LogP contribution in [0.5, 0.6) is 0 Å². The topological polar surface area (TPSA) is 85.1 Å². The van der Waals surface area contributed by atoms with Gasteiger partial charge >= 0.3 is 0 Å². The summed E-state index contributed by atoms with van der Waals surface area (Å²) in [5, 5.41) is 3.49. The SMILES string of the molecule is CS(=O)(=O)c1ccc(NC2CCc3cc(N)ccc32)cn1. The number of fused-ring (bicyclic) bond motifs is 1. The number of nitrogens with one attached hydrogen (secondary N) is 1. The molecule has 0 aliphatic heterocycles. The van der Waals surface area contributed by atoms with Crippen molar-refractivity contribution in [3.63, 3.8) is 0 Å². The average Bonchev–Trinajstić information content (AvgIpc) is 2.80. The van der Waals surface area contributed by atoms with Gasteiger partial charge in [-0.3, -0.25) is 0 Å². The Balaban J connectivity index is 1.80. The zero-order chi connectivity index (χ0) is 15.0. The summed E-state index contributed by atoms with van der Waals surface area (Å²) in [5.74, 6) is 0. The molecule has 1 aromatic carbocycles. The van der Waals surface area contributed by atoms with Crippen LogP contribution in [0.2, 0.25) is 0 Å². The van der Waals surface area contributed by atoms with Gasteiger partial charge in [-0.15, -0.1) is 0 Å². The number of nitrogens with zero attached hydrogens (tertiary/aromatic N) is 1. The third kappa shape index (κ3) is 2.85. The lowest BCUT2D eigenvalue weighted by Crippen LogP contribution is -2.08. The number of hydrogen-bond acceptors (Lipinski definition) is 5. The van der Waals surface area contributed by atoms with Crippen molar-refractivity contribution in [1.82, 2.24) is 4.98 Å². The van der Waals surface area contributed by atoms with Gasteiger partial charge in [-0.1, -0.05) is 6.07 Å². The second-order valence-corrected chi connectivity index (χ2v) is 7.31. The van der Waals surface area contributed by atoms with E-state index in [0.717, 1.165) is 30.5 Å². The van der Waals surface area contributed by atoms with E-state index < -0.39 is 9.84 Å². The molecule has 1 aromatic heterocycles. The zero-order valence-electron chi connectivity index (χ0n) is 11.7. The predicted octanol–water partition coefficient (Wildman–Crippen LogP) is 2.17. The van der Waals surface area contributed by atoms with Crippen LogP contribution in [-0.4, -0.2) is 19.7 Å². The van der Waals surface area contributed by atoms with Crippen molar-refractivity contribution in [2.24, 2.45) is 0 Å². The number of aryl methyl sites for hydroxylation is 1.